The summed E-state index contributed by atoms with van der Waals surface area (Å²) in [5.74, 6) is 1.24. The lowest BCUT2D eigenvalue weighted by Gasteiger charge is -2.07. The van der Waals surface area contributed by atoms with E-state index in [1.54, 1.807) is 50.6 Å². The number of furan rings is 1. The van der Waals surface area contributed by atoms with Gasteiger partial charge in [0.1, 0.15) is 11.5 Å². The van der Waals surface area contributed by atoms with E-state index in [4.69, 9.17) is 18.6 Å². The maximum atomic E-state index is 11.9. The van der Waals surface area contributed by atoms with Crippen molar-refractivity contribution >= 4 is 17.9 Å². The molecule has 0 spiro atoms. The van der Waals surface area contributed by atoms with Gasteiger partial charge in [-0.05, 0) is 30.3 Å². The van der Waals surface area contributed by atoms with Crippen molar-refractivity contribution in [3.8, 4) is 11.5 Å². The zero-order valence-electron chi connectivity index (χ0n) is 12.0. The van der Waals surface area contributed by atoms with Gasteiger partial charge in [0.15, 0.2) is 11.5 Å². The molecule has 0 saturated carbocycles. The molecular formula is C16H13NO5. The normalized spacial score (nSPS) is 15.6. The van der Waals surface area contributed by atoms with Crippen molar-refractivity contribution in [2.45, 2.75) is 0 Å². The lowest BCUT2D eigenvalue weighted by Crippen LogP contribution is -2.04. The number of methoxy groups -OCH3 is 2. The molecule has 0 amide bonds. The Hall–Kier alpha value is -3.02. The summed E-state index contributed by atoms with van der Waals surface area (Å²) >= 11 is 0. The van der Waals surface area contributed by atoms with Gasteiger partial charge < -0.3 is 18.6 Å². The summed E-state index contributed by atoms with van der Waals surface area (Å²) in [7, 11) is 3.11. The van der Waals surface area contributed by atoms with E-state index >= 15 is 0 Å². The third kappa shape index (κ3) is 2.58. The predicted molar refractivity (Wildman–Crippen MR) is 78.9 cm³/mol. The molecule has 1 aromatic heterocycles. The van der Waals surface area contributed by atoms with E-state index < -0.39 is 5.97 Å². The smallest absolute Gasteiger partial charge is 0.363 e. The van der Waals surface area contributed by atoms with Crippen LogP contribution in [0.2, 0.25) is 0 Å². The Balaban J connectivity index is 1.96. The van der Waals surface area contributed by atoms with E-state index in [0.717, 1.165) is 0 Å². The SMILES string of the molecule is COc1ccc(/C=C2\N=C(c3ccco3)OC2=O)c(OC)c1. The Labute approximate surface area is 126 Å². The number of aliphatic imine (C=N–C) groups is 1. The highest BCUT2D eigenvalue weighted by Gasteiger charge is 2.26. The number of ether oxygens (including phenoxy) is 3. The minimum absolute atomic E-state index is 0.147. The van der Waals surface area contributed by atoms with Crippen LogP contribution in [0.3, 0.4) is 0 Å². The molecule has 112 valence electrons. The first-order valence-corrected chi connectivity index (χ1v) is 6.49. The van der Waals surface area contributed by atoms with Gasteiger partial charge in [0.25, 0.3) is 5.90 Å². The first-order valence-electron chi connectivity index (χ1n) is 6.49. The highest BCUT2D eigenvalue weighted by atomic mass is 16.6. The summed E-state index contributed by atoms with van der Waals surface area (Å²) in [6.45, 7) is 0. The fraction of sp³-hybridized carbons (Fsp3) is 0.125. The monoisotopic (exact) mass is 299 g/mol. The van der Waals surface area contributed by atoms with Crippen LogP contribution in [-0.4, -0.2) is 26.1 Å². The van der Waals surface area contributed by atoms with Gasteiger partial charge in [-0.2, -0.15) is 0 Å². The quantitative estimate of drug-likeness (QED) is 0.641. The number of carbonyl (C=O) groups excluding carboxylic acids is 1. The van der Waals surface area contributed by atoms with E-state index in [2.05, 4.69) is 4.99 Å². The Kier molecular flexibility index (Phi) is 3.65. The number of benzene rings is 1. The van der Waals surface area contributed by atoms with E-state index in [9.17, 15) is 4.79 Å². The van der Waals surface area contributed by atoms with Gasteiger partial charge in [0.05, 0.1) is 20.5 Å². The van der Waals surface area contributed by atoms with Crippen molar-refractivity contribution in [3.05, 3.63) is 53.6 Å². The molecule has 0 bridgehead atoms. The molecule has 6 heteroatoms. The molecule has 3 rings (SSSR count). The molecule has 2 aromatic rings. The average molecular weight is 299 g/mol. The number of carbonyl (C=O) groups is 1. The molecule has 22 heavy (non-hydrogen) atoms. The molecular weight excluding hydrogens is 286 g/mol. The molecule has 1 aliphatic heterocycles. The molecule has 0 saturated heterocycles. The summed E-state index contributed by atoms with van der Waals surface area (Å²) < 4.78 is 20.7. The van der Waals surface area contributed by atoms with E-state index in [0.29, 0.717) is 22.8 Å². The molecule has 1 aromatic carbocycles. The summed E-state index contributed by atoms with van der Waals surface area (Å²) in [5.41, 5.74) is 0.870. The fourth-order valence-electron chi connectivity index (χ4n) is 2.00. The van der Waals surface area contributed by atoms with Gasteiger partial charge in [-0.25, -0.2) is 9.79 Å². The van der Waals surface area contributed by atoms with Crippen LogP contribution < -0.4 is 9.47 Å². The van der Waals surface area contributed by atoms with Crippen LogP contribution in [0.1, 0.15) is 11.3 Å². The minimum Gasteiger partial charge on any atom is -0.497 e. The zero-order chi connectivity index (χ0) is 15.5. The molecule has 0 aliphatic carbocycles. The van der Waals surface area contributed by atoms with Crippen LogP contribution in [0.5, 0.6) is 11.5 Å². The lowest BCUT2D eigenvalue weighted by molar-refractivity contribution is -0.130. The molecule has 1 aliphatic rings. The average Bonchev–Trinajstić information content (AvgIpc) is 3.18. The van der Waals surface area contributed by atoms with Crippen LogP contribution in [0.4, 0.5) is 0 Å². The maximum Gasteiger partial charge on any atom is 0.363 e. The molecule has 0 N–H and O–H groups in total. The minimum atomic E-state index is -0.538. The third-order valence-electron chi connectivity index (χ3n) is 3.09. The van der Waals surface area contributed by atoms with Crippen LogP contribution in [-0.2, 0) is 9.53 Å². The summed E-state index contributed by atoms with van der Waals surface area (Å²) in [5, 5.41) is 0. The van der Waals surface area contributed by atoms with Gasteiger partial charge in [0.2, 0.25) is 0 Å². The van der Waals surface area contributed by atoms with E-state index in [1.807, 2.05) is 0 Å². The Bertz CT molecular complexity index is 759. The maximum absolute atomic E-state index is 11.9. The highest BCUT2D eigenvalue weighted by Crippen LogP contribution is 2.28. The molecule has 0 fully saturated rings. The van der Waals surface area contributed by atoms with E-state index in [-0.39, 0.29) is 11.6 Å². The van der Waals surface area contributed by atoms with Crippen molar-refractivity contribution in [1.82, 2.24) is 0 Å². The predicted octanol–water partition coefficient (Wildman–Crippen LogP) is 2.64. The number of cyclic esters (lactones) is 1. The van der Waals surface area contributed by atoms with Gasteiger partial charge in [0, 0.05) is 11.6 Å². The van der Waals surface area contributed by atoms with Gasteiger partial charge in [-0.1, -0.05) is 0 Å². The topological polar surface area (TPSA) is 70.3 Å². The number of nitrogens with zero attached hydrogens (tertiary/aromatic N) is 1. The van der Waals surface area contributed by atoms with Crippen LogP contribution in [0.25, 0.3) is 6.08 Å². The number of esters is 1. The largest absolute Gasteiger partial charge is 0.497 e. The molecule has 0 atom stereocenters. The Morgan fingerprint density at radius 1 is 1.18 bits per heavy atom. The van der Waals surface area contributed by atoms with Crippen molar-refractivity contribution < 1.29 is 23.4 Å². The highest BCUT2D eigenvalue weighted by molar-refractivity contribution is 6.11. The van der Waals surface area contributed by atoms with Crippen molar-refractivity contribution in [2.24, 2.45) is 4.99 Å². The second-order valence-electron chi connectivity index (χ2n) is 4.42. The van der Waals surface area contributed by atoms with Crippen LogP contribution >= 0.6 is 0 Å². The van der Waals surface area contributed by atoms with Gasteiger partial charge >= 0.3 is 5.97 Å². The Morgan fingerprint density at radius 3 is 2.73 bits per heavy atom. The second-order valence-corrected chi connectivity index (χ2v) is 4.42. The first kappa shape index (κ1) is 13.9. The van der Waals surface area contributed by atoms with Crippen molar-refractivity contribution in [2.75, 3.05) is 14.2 Å². The fourth-order valence-corrected chi connectivity index (χ4v) is 2.00. The van der Waals surface area contributed by atoms with Crippen LogP contribution in [0, 0.1) is 0 Å². The summed E-state index contributed by atoms with van der Waals surface area (Å²) in [4.78, 5) is 16.0. The second kappa shape index (κ2) is 5.77. The zero-order valence-corrected chi connectivity index (χ0v) is 12.0. The molecule has 2 heterocycles. The van der Waals surface area contributed by atoms with E-state index in [1.165, 1.54) is 6.26 Å². The van der Waals surface area contributed by atoms with Crippen molar-refractivity contribution in [1.29, 1.82) is 0 Å². The van der Waals surface area contributed by atoms with Crippen molar-refractivity contribution in [3.63, 3.8) is 0 Å². The standard InChI is InChI=1S/C16H13NO5/c1-19-11-6-5-10(14(9-11)20-2)8-12-16(18)22-15(17-12)13-4-3-7-21-13/h3-9H,1-2H3/b12-8-. The number of hydrogen-bond donors (Lipinski definition) is 0. The Morgan fingerprint density at radius 2 is 2.05 bits per heavy atom. The van der Waals surface area contributed by atoms with Gasteiger partial charge in [-0.3, -0.25) is 0 Å². The number of hydrogen-bond acceptors (Lipinski definition) is 6. The molecule has 6 nitrogen and oxygen atoms in total. The summed E-state index contributed by atoms with van der Waals surface area (Å²) in [6, 6.07) is 8.64. The third-order valence-corrected chi connectivity index (χ3v) is 3.09. The van der Waals surface area contributed by atoms with Crippen LogP contribution in [0.15, 0.2) is 51.7 Å². The number of rotatable bonds is 4. The first-order chi connectivity index (χ1) is 10.7. The molecule has 0 radical (unpaired) electrons. The summed E-state index contributed by atoms with van der Waals surface area (Å²) in [6.07, 6.45) is 3.08. The van der Waals surface area contributed by atoms with Gasteiger partial charge in [-0.15, -0.1) is 0 Å². The molecule has 0 unspecified atom stereocenters. The lowest BCUT2D eigenvalue weighted by atomic mass is 10.1.